The minimum atomic E-state index is -2.45. The fourth-order valence-corrected chi connectivity index (χ4v) is 0.777. The molecule has 0 aliphatic heterocycles. The molecule has 1 unspecified atom stereocenters. The van der Waals surface area contributed by atoms with Gasteiger partial charge in [-0.1, -0.05) is 0 Å². The van der Waals surface area contributed by atoms with Crippen molar-refractivity contribution in [2.24, 2.45) is 11.8 Å². The van der Waals surface area contributed by atoms with Gasteiger partial charge < -0.3 is 5.11 Å². The van der Waals surface area contributed by atoms with Crippen LogP contribution in [-0.4, -0.2) is 17.5 Å². The fourth-order valence-electron chi connectivity index (χ4n) is 0.777. The number of halogens is 2. The lowest BCUT2D eigenvalue weighted by Gasteiger charge is -1.90. The van der Waals surface area contributed by atoms with Crippen LogP contribution in [0.1, 0.15) is 6.42 Å². The normalized spacial score (nSPS) is 32.8. The Morgan fingerprint density at radius 2 is 2.22 bits per heavy atom. The number of carboxylic acid groups (broad SMARTS) is 1. The zero-order valence-electron chi connectivity index (χ0n) is 4.55. The van der Waals surface area contributed by atoms with Crippen LogP contribution in [-0.2, 0) is 4.79 Å². The molecular weight excluding hydrogens is 130 g/mol. The van der Waals surface area contributed by atoms with E-state index in [1.807, 2.05) is 0 Å². The molecule has 0 heterocycles. The van der Waals surface area contributed by atoms with Crippen LogP contribution in [0.3, 0.4) is 0 Å². The quantitative estimate of drug-likeness (QED) is 0.614. The number of carbonyl (C=O) groups is 1. The summed E-state index contributed by atoms with van der Waals surface area (Å²) in [5, 5.41) is 8.14. The van der Waals surface area contributed by atoms with E-state index in [2.05, 4.69) is 0 Å². The molecule has 1 fully saturated rings. The molecule has 1 saturated carbocycles. The van der Waals surface area contributed by atoms with Crippen molar-refractivity contribution in [3.63, 3.8) is 0 Å². The van der Waals surface area contributed by atoms with E-state index in [0.29, 0.717) is 0 Å². The maximum atomic E-state index is 11.6. The summed E-state index contributed by atoms with van der Waals surface area (Å²) in [6.45, 7) is 0. The summed E-state index contributed by atoms with van der Waals surface area (Å²) < 4.78 is 23.1. The molecule has 1 N–H and O–H groups in total. The molecule has 0 bridgehead atoms. The van der Waals surface area contributed by atoms with Crippen molar-refractivity contribution in [2.75, 3.05) is 0 Å². The standard InChI is InChI=1S/C5H6F2O2/c6-4(7)2-1-3(2)5(8)9/h2-4H,1H2,(H,8,9)/t2?,3-/m0/s1. The molecule has 1 aliphatic carbocycles. The van der Waals surface area contributed by atoms with Gasteiger partial charge in [0.15, 0.2) is 0 Å². The number of rotatable bonds is 2. The van der Waals surface area contributed by atoms with Crippen LogP contribution in [0.25, 0.3) is 0 Å². The highest BCUT2D eigenvalue weighted by molar-refractivity contribution is 5.73. The molecule has 0 aromatic heterocycles. The third-order valence-electron chi connectivity index (χ3n) is 1.48. The van der Waals surface area contributed by atoms with Crippen LogP contribution < -0.4 is 0 Å². The molecule has 4 heteroatoms. The van der Waals surface area contributed by atoms with E-state index in [1.165, 1.54) is 0 Å². The lowest BCUT2D eigenvalue weighted by atomic mass is 10.3. The highest BCUT2D eigenvalue weighted by Gasteiger charge is 2.49. The SMILES string of the molecule is O=C(O)[C@H]1CC1C(F)F. The summed E-state index contributed by atoms with van der Waals surface area (Å²) in [4.78, 5) is 9.94. The predicted molar refractivity (Wildman–Crippen MR) is 25.2 cm³/mol. The van der Waals surface area contributed by atoms with Crippen LogP contribution in [0.5, 0.6) is 0 Å². The molecule has 0 aromatic carbocycles. The van der Waals surface area contributed by atoms with Gasteiger partial charge in [0.2, 0.25) is 6.43 Å². The molecule has 2 nitrogen and oxygen atoms in total. The number of hydrogen-bond donors (Lipinski definition) is 1. The fraction of sp³-hybridized carbons (Fsp3) is 0.800. The molecule has 0 saturated heterocycles. The van der Waals surface area contributed by atoms with Gasteiger partial charge in [0, 0.05) is 5.92 Å². The number of carboxylic acids is 1. The molecule has 52 valence electrons. The first kappa shape index (κ1) is 6.45. The Bertz CT molecular complexity index is 135. The van der Waals surface area contributed by atoms with Crippen molar-refractivity contribution in [2.45, 2.75) is 12.8 Å². The Hall–Kier alpha value is -0.670. The first-order valence-electron chi connectivity index (χ1n) is 2.64. The first-order chi connectivity index (χ1) is 4.13. The molecule has 2 atom stereocenters. The van der Waals surface area contributed by atoms with Gasteiger partial charge in [-0.3, -0.25) is 4.79 Å². The van der Waals surface area contributed by atoms with Crippen molar-refractivity contribution in [1.82, 2.24) is 0 Å². The van der Waals surface area contributed by atoms with Gasteiger partial charge in [0.05, 0.1) is 5.92 Å². The second kappa shape index (κ2) is 1.93. The zero-order valence-corrected chi connectivity index (χ0v) is 4.55. The van der Waals surface area contributed by atoms with Gasteiger partial charge in [-0.05, 0) is 6.42 Å². The lowest BCUT2D eigenvalue weighted by molar-refractivity contribution is -0.139. The van der Waals surface area contributed by atoms with Crippen LogP contribution in [0, 0.1) is 11.8 Å². The summed E-state index contributed by atoms with van der Waals surface area (Å²) in [6.07, 6.45) is -2.31. The van der Waals surface area contributed by atoms with Gasteiger partial charge in [-0.15, -0.1) is 0 Å². The topological polar surface area (TPSA) is 37.3 Å². The maximum absolute atomic E-state index is 11.6. The Morgan fingerprint density at radius 3 is 2.33 bits per heavy atom. The van der Waals surface area contributed by atoms with E-state index in [0.717, 1.165) is 0 Å². The Balaban J connectivity index is 2.33. The third-order valence-corrected chi connectivity index (χ3v) is 1.48. The van der Waals surface area contributed by atoms with Gasteiger partial charge in [-0.25, -0.2) is 8.78 Å². The van der Waals surface area contributed by atoms with Crippen LogP contribution in [0.15, 0.2) is 0 Å². The highest BCUT2D eigenvalue weighted by Crippen LogP contribution is 2.42. The van der Waals surface area contributed by atoms with E-state index in [4.69, 9.17) is 5.11 Å². The molecule has 0 radical (unpaired) electrons. The molecule has 0 aromatic rings. The summed E-state index contributed by atoms with van der Waals surface area (Å²) in [5.41, 5.74) is 0. The highest BCUT2D eigenvalue weighted by atomic mass is 19.3. The molecule has 0 amide bonds. The molecular formula is C5H6F2O2. The Morgan fingerprint density at radius 1 is 1.67 bits per heavy atom. The van der Waals surface area contributed by atoms with Gasteiger partial charge in [0.25, 0.3) is 0 Å². The monoisotopic (exact) mass is 136 g/mol. The van der Waals surface area contributed by atoms with Crippen molar-refractivity contribution >= 4 is 5.97 Å². The summed E-state index contributed by atoms with van der Waals surface area (Å²) in [5.74, 6) is -2.74. The van der Waals surface area contributed by atoms with Gasteiger partial charge in [0.1, 0.15) is 0 Å². The number of alkyl halides is 2. The Kier molecular flexibility index (Phi) is 1.38. The average Bonchev–Trinajstić information content (AvgIpc) is 2.39. The van der Waals surface area contributed by atoms with Crippen molar-refractivity contribution in [1.29, 1.82) is 0 Å². The zero-order chi connectivity index (χ0) is 7.02. The second-order valence-corrected chi connectivity index (χ2v) is 2.18. The lowest BCUT2D eigenvalue weighted by Crippen LogP contribution is -2.04. The largest absolute Gasteiger partial charge is 0.481 e. The molecule has 0 spiro atoms. The predicted octanol–water partition coefficient (Wildman–Crippen LogP) is 0.972. The summed E-state index contributed by atoms with van der Waals surface area (Å²) >= 11 is 0. The van der Waals surface area contributed by atoms with Crippen molar-refractivity contribution in [3.8, 4) is 0 Å². The number of hydrogen-bond acceptors (Lipinski definition) is 1. The minimum absolute atomic E-state index is 0.146. The molecule has 9 heavy (non-hydrogen) atoms. The smallest absolute Gasteiger partial charge is 0.307 e. The van der Waals surface area contributed by atoms with E-state index in [1.54, 1.807) is 0 Å². The molecule has 1 rings (SSSR count). The second-order valence-electron chi connectivity index (χ2n) is 2.18. The van der Waals surface area contributed by atoms with E-state index < -0.39 is 24.2 Å². The minimum Gasteiger partial charge on any atom is -0.481 e. The van der Waals surface area contributed by atoms with Crippen LogP contribution >= 0.6 is 0 Å². The van der Waals surface area contributed by atoms with Crippen molar-refractivity contribution < 1.29 is 18.7 Å². The van der Waals surface area contributed by atoms with E-state index in [9.17, 15) is 13.6 Å². The van der Waals surface area contributed by atoms with Crippen LogP contribution in [0.2, 0.25) is 0 Å². The first-order valence-corrected chi connectivity index (χ1v) is 2.64. The number of aliphatic carboxylic acids is 1. The maximum Gasteiger partial charge on any atom is 0.307 e. The van der Waals surface area contributed by atoms with Gasteiger partial charge in [-0.2, -0.15) is 0 Å². The summed E-state index contributed by atoms with van der Waals surface area (Å²) in [6, 6.07) is 0. The van der Waals surface area contributed by atoms with E-state index >= 15 is 0 Å². The van der Waals surface area contributed by atoms with Gasteiger partial charge >= 0.3 is 5.97 Å². The van der Waals surface area contributed by atoms with E-state index in [-0.39, 0.29) is 6.42 Å². The average molecular weight is 136 g/mol. The third kappa shape index (κ3) is 1.17. The van der Waals surface area contributed by atoms with Crippen LogP contribution in [0.4, 0.5) is 8.78 Å². The summed E-state index contributed by atoms with van der Waals surface area (Å²) in [7, 11) is 0. The Labute approximate surface area is 50.5 Å². The molecule has 1 aliphatic rings. The van der Waals surface area contributed by atoms with Crippen molar-refractivity contribution in [3.05, 3.63) is 0 Å².